The van der Waals surface area contributed by atoms with Gasteiger partial charge in [-0.2, -0.15) is 0 Å². The number of rotatable bonds is 4. The van der Waals surface area contributed by atoms with Gasteiger partial charge in [-0.15, -0.1) is 0 Å². The van der Waals surface area contributed by atoms with E-state index in [0.29, 0.717) is 0 Å². The van der Waals surface area contributed by atoms with Gasteiger partial charge in [0.25, 0.3) is 0 Å². The Hall–Kier alpha value is -6.20. The standard InChI is InChI=1S/C40H25N5/c1-2-12-30-28(10-1)29-11-3-5-14-33(29)44-39(30)36-18-8-17-35(43-36)34-16-7-15-32(42-34)26-21-23-27(24-22-26)45-37-19-6-4-13-31(37)40-38(45)20-9-25-41-40/h1-25H. The number of nitrogens with zero attached hydrogens (tertiary/aromatic N) is 5. The largest absolute Gasteiger partial charge is 0.308 e. The number of hydrogen-bond donors (Lipinski definition) is 0. The minimum absolute atomic E-state index is 0.808. The molecule has 5 nitrogen and oxygen atoms in total. The highest BCUT2D eigenvalue weighted by Gasteiger charge is 2.14. The fraction of sp³-hybridized carbons (Fsp3) is 0. The topological polar surface area (TPSA) is 56.5 Å². The first-order valence-corrected chi connectivity index (χ1v) is 15.0. The van der Waals surface area contributed by atoms with Crippen molar-refractivity contribution in [1.29, 1.82) is 0 Å². The molecule has 210 valence electrons. The molecule has 0 spiro atoms. The number of benzene rings is 4. The SMILES string of the molecule is c1cc(-c2ccc(-n3c4ccccc4c4ncccc43)cc2)nc(-c2cccc(-c3nc4ccccc4c4ccccc34)n2)c1. The van der Waals surface area contributed by atoms with Crippen LogP contribution in [0.1, 0.15) is 0 Å². The van der Waals surface area contributed by atoms with Gasteiger partial charge in [0, 0.05) is 33.6 Å². The van der Waals surface area contributed by atoms with Crippen LogP contribution in [-0.2, 0) is 0 Å². The van der Waals surface area contributed by atoms with Gasteiger partial charge in [0.15, 0.2) is 0 Å². The van der Waals surface area contributed by atoms with Crippen LogP contribution in [0.25, 0.3) is 83.3 Å². The van der Waals surface area contributed by atoms with Gasteiger partial charge in [-0.25, -0.2) is 15.0 Å². The molecular formula is C40H25N5. The Morgan fingerprint density at radius 3 is 1.84 bits per heavy atom. The van der Waals surface area contributed by atoms with Gasteiger partial charge in [-0.3, -0.25) is 4.98 Å². The van der Waals surface area contributed by atoms with Crippen molar-refractivity contribution in [1.82, 2.24) is 24.5 Å². The Morgan fingerprint density at radius 2 is 1.02 bits per heavy atom. The summed E-state index contributed by atoms with van der Waals surface area (Å²) in [7, 11) is 0. The summed E-state index contributed by atoms with van der Waals surface area (Å²) >= 11 is 0. The van der Waals surface area contributed by atoms with E-state index in [-0.39, 0.29) is 0 Å². The fourth-order valence-electron chi connectivity index (χ4n) is 6.39. The van der Waals surface area contributed by atoms with Crippen LogP contribution >= 0.6 is 0 Å². The van der Waals surface area contributed by atoms with Crippen molar-refractivity contribution < 1.29 is 0 Å². The first kappa shape index (κ1) is 25.3. The molecule has 5 aromatic heterocycles. The van der Waals surface area contributed by atoms with E-state index in [2.05, 4.69) is 107 Å². The Balaban J connectivity index is 1.10. The monoisotopic (exact) mass is 575 g/mol. The molecule has 0 aliphatic rings. The molecule has 0 saturated carbocycles. The summed E-state index contributed by atoms with van der Waals surface area (Å²) < 4.78 is 2.27. The molecule has 0 aliphatic carbocycles. The van der Waals surface area contributed by atoms with Crippen LogP contribution < -0.4 is 0 Å². The Labute approximate surface area is 259 Å². The van der Waals surface area contributed by atoms with Gasteiger partial charge in [0.05, 0.1) is 50.5 Å². The van der Waals surface area contributed by atoms with E-state index in [1.165, 1.54) is 5.39 Å². The zero-order chi connectivity index (χ0) is 29.7. The molecule has 0 fully saturated rings. The van der Waals surface area contributed by atoms with Crippen LogP contribution in [0.3, 0.4) is 0 Å². The minimum atomic E-state index is 0.808. The van der Waals surface area contributed by atoms with Crippen LogP contribution in [-0.4, -0.2) is 24.5 Å². The fourth-order valence-corrected chi connectivity index (χ4v) is 6.39. The summed E-state index contributed by atoms with van der Waals surface area (Å²) in [5.74, 6) is 0. The predicted molar refractivity (Wildman–Crippen MR) is 183 cm³/mol. The molecule has 0 radical (unpaired) electrons. The summed E-state index contributed by atoms with van der Waals surface area (Å²) in [6.07, 6.45) is 1.85. The predicted octanol–water partition coefficient (Wildman–Crippen LogP) is 9.67. The van der Waals surface area contributed by atoms with Crippen molar-refractivity contribution >= 4 is 43.6 Å². The van der Waals surface area contributed by atoms with Gasteiger partial charge in [0.2, 0.25) is 0 Å². The third kappa shape index (κ3) is 4.17. The van der Waals surface area contributed by atoms with Gasteiger partial charge in [-0.05, 0) is 66.0 Å². The number of aromatic nitrogens is 5. The molecule has 0 unspecified atom stereocenters. The summed E-state index contributed by atoms with van der Waals surface area (Å²) in [6.45, 7) is 0. The lowest BCUT2D eigenvalue weighted by Crippen LogP contribution is -1.96. The zero-order valence-electron chi connectivity index (χ0n) is 24.2. The molecule has 0 N–H and O–H groups in total. The number of para-hydroxylation sites is 2. The van der Waals surface area contributed by atoms with E-state index in [9.17, 15) is 0 Å². The van der Waals surface area contributed by atoms with Crippen molar-refractivity contribution in [2.24, 2.45) is 0 Å². The van der Waals surface area contributed by atoms with Crippen molar-refractivity contribution in [3.8, 4) is 39.7 Å². The molecule has 5 heterocycles. The average molecular weight is 576 g/mol. The second-order valence-electron chi connectivity index (χ2n) is 11.1. The highest BCUT2D eigenvalue weighted by atomic mass is 15.0. The lowest BCUT2D eigenvalue weighted by molar-refractivity contribution is 1.17. The minimum Gasteiger partial charge on any atom is -0.308 e. The third-order valence-electron chi connectivity index (χ3n) is 8.46. The first-order chi connectivity index (χ1) is 22.3. The van der Waals surface area contributed by atoms with Gasteiger partial charge in [-0.1, -0.05) is 84.9 Å². The summed E-state index contributed by atoms with van der Waals surface area (Å²) in [5, 5.41) is 4.55. The van der Waals surface area contributed by atoms with E-state index in [1.807, 2.05) is 54.7 Å². The number of hydrogen-bond acceptors (Lipinski definition) is 4. The smallest absolute Gasteiger partial charge is 0.0972 e. The van der Waals surface area contributed by atoms with Crippen LogP contribution in [0, 0.1) is 0 Å². The normalized spacial score (nSPS) is 11.6. The molecule has 4 aromatic carbocycles. The second kappa shape index (κ2) is 10.2. The highest BCUT2D eigenvalue weighted by Crippen LogP contribution is 2.34. The number of fused-ring (bicyclic) bond motifs is 6. The van der Waals surface area contributed by atoms with Crippen molar-refractivity contribution in [3.63, 3.8) is 0 Å². The molecule has 45 heavy (non-hydrogen) atoms. The molecule has 9 rings (SSSR count). The van der Waals surface area contributed by atoms with E-state index in [0.717, 1.165) is 77.9 Å². The number of pyridine rings is 4. The summed E-state index contributed by atoms with van der Waals surface area (Å²) in [4.78, 5) is 19.9. The molecular weight excluding hydrogens is 550 g/mol. The van der Waals surface area contributed by atoms with Crippen LogP contribution in [0.4, 0.5) is 0 Å². The van der Waals surface area contributed by atoms with Crippen molar-refractivity contribution in [3.05, 3.63) is 152 Å². The van der Waals surface area contributed by atoms with Crippen LogP contribution in [0.15, 0.2) is 152 Å². The highest BCUT2D eigenvalue weighted by molar-refractivity contribution is 6.10. The maximum absolute atomic E-state index is 5.08. The van der Waals surface area contributed by atoms with E-state index in [4.69, 9.17) is 15.0 Å². The van der Waals surface area contributed by atoms with Gasteiger partial charge >= 0.3 is 0 Å². The molecule has 0 atom stereocenters. The molecule has 0 bridgehead atoms. The van der Waals surface area contributed by atoms with Gasteiger partial charge in [0.1, 0.15) is 0 Å². The molecule has 0 aliphatic heterocycles. The Bertz CT molecular complexity index is 2490. The van der Waals surface area contributed by atoms with E-state index >= 15 is 0 Å². The summed E-state index contributed by atoms with van der Waals surface area (Å²) in [6, 6.07) is 49.9. The maximum atomic E-state index is 5.08. The van der Waals surface area contributed by atoms with Crippen molar-refractivity contribution in [2.75, 3.05) is 0 Å². The summed E-state index contributed by atoms with van der Waals surface area (Å²) in [5.41, 5.74) is 10.5. The second-order valence-corrected chi connectivity index (χ2v) is 11.1. The van der Waals surface area contributed by atoms with Crippen LogP contribution in [0.2, 0.25) is 0 Å². The molecule has 9 aromatic rings. The molecule has 0 saturated heterocycles. The Morgan fingerprint density at radius 1 is 0.400 bits per heavy atom. The van der Waals surface area contributed by atoms with Crippen LogP contribution in [0.5, 0.6) is 0 Å². The molecule has 5 heteroatoms. The van der Waals surface area contributed by atoms with E-state index < -0.39 is 0 Å². The first-order valence-electron chi connectivity index (χ1n) is 15.0. The van der Waals surface area contributed by atoms with Crippen molar-refractivity contribution in [2.45, 2.75) is 0 Å². The zero-order valence-corrected chi connectivity index (χ0v) is 24.2. The quantitative estimate of drug-likeness (QED) is 0.196. The lowest BCUT2D eigenvalue weighted by atomic mass is 10.0. The van der Waals surface area contributed by atoms with Gasteiger partial charge < -0.3 is 4.57 Å². The molecule has 0 amide bonds. The maximum Gasteiger partial charge on any atom is 0.0972 e. The Kier molecular flexibility index (Phi) is 5.74. The average Bonchev–Trinajstić information content (AvgIpc) is 3.46. The lowest BCUT2D eigenvalue weighted by Gasteiger charge is -2.11. The third-order valence-corrected chi connectivity index (χ3v) is 8.46. The van der Waals surface area contributed by atoms with E-state index in [1.54, 1.807) is 0 Å².